The highest BCUT2D eigenvalue weighted by atomic mass is 32.1. The highest BCUT2D eigenvalue weighted by Gasteiger charge is 2.07. The summed E-state index contributed by atoms with van der Waals surface area (Å²) >= 11 is 1.68. The molecule has 25 heavy (non-hydrogen) atoms. The largest absolute Gasteiger partial charge is 0.350 e. The van der Waals surface area contributed by atoms with Crippen molar-refractivity contribution in [3.05, 3.63) is 76.9 Å². The van der Waals surface area contributed by atoms with E-state index in [1.165, 1.54) is 11.1 Å². The van der Waals surface area contributed by atoms with Crippen molar-refractivity contribution in [3.8, 4) is 16.9 Å². The van der Waals surface area contributed by atoms with E-state index in [2.05, 4.69) is 56.3 Å². The van der Waals surface area contributed by atoms with Gasteiger partial charge < -0.3 is 5.32 Å². The van der Waals surface area contributed by atoms with Crippen molar-refractivity contribution in [2.24, 2.45) is 0 Å². The minimum absolute atomic E-state index is 0.618. The molecule has 0 amide bonds. The SMILES string of the molecule is Cc1ccccc1-n1cc(-c2ccnc(NCc3ccsc3)n2)cn1. The summed E-state index contributed by atoms with van der Waals surface area (Å²) in [5, 5.41) is 11.9. The maximum absolute atomic E-state index is 4.60. The summed E-state index contributed by atoms with van der Waals surface area (Å²) in [6, 6.07) is 12.2. The lowest BCUT2D eigenvalue weighted by atomic mass is 10.2. The molecule has 0 radical (unpaired) electrons. The third-order valence-corrected chi connectivity index (χ3v) is 4.66. The van der Waals surface area contributed by atoms with Gasteiger partial charge in [-0.15, -0.1) is 0 Å². The van der Waals surface area contributed by atoms with E-state index in [-0.39, 0.29) is 0 Å². The molecular formula is C19H17N5S. The second-order valence-corrected chi connectivity index (χ2v) is 6.49. The highest BCUT2D eigenvalue weighted by Crippen LogP contribution is 2.20. The summed E-state index contributed by atoms with van der Waals surface area (Å²) < 4.78 is 1.88. The fourth-order valence-corrected chi connectivity index (χ4v) is 3.25. The maximum atomic E-state index is 4.60. The molecule has 4 aromatic rings. The van der Waals surface area contributed by atoms with Crippen LogP contribution in [-0.2, 0) is 6.54 Å². The van der Waals surface area contributed by atoms with E-state index < -0.39 is 0 Å². The van der Waals surface area contributed by atoms with Gasteiger partial charge in [0, 0.05) is 24.5 Å². The van der Waals surface area contributed by atoms with Crippen LogP contribution >= 0.6 is 11.3 Å². The molecule has 0 aliphatic carbocycles. The van der Waals surface area contributed by atoms with Gasteiger partial charge >= 0.3 is 0 Å². The third kappa shape index (κ3) is 3.44. The van der Waals surface area contributed by atoms with Crippen LogP contribution in [0.15, 0.2) is 65.7 Å². The first-order valence-corrected chi connectivity index (χ1v) is 8.93. The van der Waals surface area contributed by atoms with Gasteiger partial charge in [0.25, 0.3) is 0 Å². The fourth-order valence-electron chi connectivity index (χ4n) is 2.59. The molecule has 1 N–H and O–H groups in total. The van der Waals surface area contributed by atoms with Crippen LogP contribution in [0.3, 0.4) is 0 Å². The van der Waals surface area contributed by atoms with E-state index in [4.69, 9.17) is 0 Å². The molecule has 0 saturated carbocycles. The molecular weight excluding hydrogens is 330 g/mol. The normalized spacial score (nSPS) is 10.8. The average Bonchev–Trinajstić information content (AvgIpc) is 3.33. The van der Waals surface area contributed by atoms with Crippen LogP contribution in [0.25, 0.3) is 16.9 Å². The first kappa shape index (κ1) is 15.5. The molecule has 4 rings (SSSR count). The van der Waals surface area contributed by atoms with Crippen molar-refractivity contribution in [1.29, 1.82) is 0 Å². The van der Waals surface area contributed by atoms with E-state index in [0.717, 1.165) is 23.5 Å². The number of hydrogen-bond donors (Lipinski definition) is 1. The maximum Gasteiger partial charge on any atom is 0.223 e. The van der Waals surface area contributed by atoms with E-state index in [9.17, 15) is 0 Å². The number of benzene rings is 1. The molecule has 5 nitrogen and oxygen atoms in total. The predicted molar refractivity (Wildman–Crippen MR) is 101 cm³/mol. The lowest BCUT2D eigenvalue weighted by Crippen LogP contribution is -2.03. The van der Waals surface area contributed by atoms with E-state index >= 15 is 0 Å². The highest BCUT2D eigenvalue weighted by molar-refractivity contribution is 7.07. The first-order chi connectivity index (χ1) is 12.3. The lowest BCUT2D eigenvalue weighted by molar-refractivity contribution is 0.873. The zero-order valence-corrected chi connectivity index (χ0v) is 14.6. The standard InChI is InChI=1S/C19H17N5S/c1-14-4-2-3-5-18(14)24-12-16(11-22-24)17-6-8-20-19(23-17)21-10-15-7-9-25-13-15/h2-9,11-13H,10H2,1H3,(H,20,21,23). The van der Waals surface area contributed by atoms with Gasteiger partial charge in [-0.25, -0.2) is 14.6 Å². The Kier molecular flexibility index (Phi) is 4.26. The summed E-state index contributed by atoms with van der Waals surface area (Å²) in [5.41, 5.74) is 5.29. The Labute approximate surface area is 150 Å². The van der Waals surface area contributed by atoms with Crippen molar-refractivity contribution in [2.45, 2.75) is 13.5 Å². The monoisotopic (exact) mass is 347 g/mol. The van der Waals surface area contributed by atoms with Gasteiger partial charge in [0.1, 0.15) is 0 Å². The number of para-hydroxylation sites is 1. The second-order valence-electron chi connectivity index (χ2n) is 5.71. The van der Waals surface area contributed by atoms with E-state index in [1.54, 1.807) is 17.5 Å². The lowest BCUT2D eigenvalue weighted by Gasteiger charge is -2.05. The molecule has 6 heteroatoms. The van der Waals surface area contributed by atoms with Crippen molar-refractivity contribution in [2.75, 3.05) is 5.32 Å². The Bertz CT molecular complexity index is 975. The minimum Gasteiger partial charge on any atom is -0.350 e. The van der Waals surface area contributed by atoms with Crippen molar-refractivity contribution in [1.82, 2.24) is 19.7 Å². The van der Waals surface area contributed by atoms with Crippen molar-refractivity contribution >= 4 is 17.3 Å². The zero-order valence-electron chi connectivity index (χ0n) is 13.8. The Hall–Kier alpha value is -2.99. The Morgan fingerprint density at radius 1 is 1.16 bits per heavy atom. The Balaban J connectivity index is 1.56. The summed E-state index contributed by atoms with van der Waals surface area (Å²) in [5.74, 6) is 0.618. The van der Waals surface area contributed by atoms with Crippen molar-refractivity contribution < 1.29 is 0 Å². The second kappa shape index (κ2) is 6.86. The smallest absolute Gasteiger partial charge is 0.223 e. The summed E-state index contributed by atoms with van der Waals surface area (Å²) in [4.78, 5) is 8.90. The number of aromatic nitrogens is 4. The molecule has 0 bridgehead atoms. The van der Waals surface area contributed by atoms with Crippen LogP contribution in [0, 0.1) is 6.92 Å². The third-order valence-electron chi connectivity index (χ3n) is 3.93. The molecule has 3 heterocycles. The molecule has 124 valence electrons. The van der Waals surface area contributed by atoms with Crippen LogP contribution < -0.4 is 5.32 Å². The number of aryl methyl sites for hydroxylation is 1. The Morgan fingerprint density at radius 3 is 2.92 bits per heavy atom. The molecule has 0 fully saturated rings. The van der Waals surface area contributed by atoms with Crippen LogP contribution in [0.2, 0.25) is 0 Å². The number of anilines is 1. The summed E-state index contributed by atoms with van der Waals surface area (Å²) in [6.07, 6.45) is 5.59. The van der Waals surface area contributed by atoms with Crippen LogP contribution in [0.5, 0.6) is 0 Å². The van der Waals surface area contributed by atoms with Crippen molar-refractivity contribution in [3.63, 3.8) is 0 Å². The topological polar surface area (TPSA) is 55.6 Å². The quantitative estimate of drug-likeness (QED) is 0.584. The van der Waals surface area contributed by atoms with Gasteiger partial charge in [-0.05, 0) is 47.0 Å². The molecule has 1 aromatic carbocycles. The van der Waals surface area contributed by atoms with Crippen LogP contribution in [0.4, 0.5) is 5.95 Å². The molecule has 0 aliphatic rings. The number of hydrogen-bond acceptors (Lipinski definition) is 5. The van der Waals surface area contributed by atoms with Gasteiger partial charge in [-0.2, -0.15) is 16.4 Å². The molecule has 0 saturated heterocycles. The number of thiophene rings is 1. The fraction of sp³-hybridized carbons (Fsp3) is 0.105. The van der Waals surface area contributed by atoms with Gasteiger partial charge in [0.05, 0.1) is 17.6 Å². The molecule has 0 aliphatic heterocycles. The number of rotatable bonds is 5. The number of nitrogens with one attached hydrogen (secondary N) is 1. The Morgan fingerprint density at radius 2 is 2.08 bits per heavy atom. The first-order valence-electron chi connectivity index (χ1n) is 7.98. The van der Waals surface area contributed by atoms with Gasteiger partial charge in [0.15, 0.2) is 0 Å². The van der Waals surface area contributed by atoms with Gasteiger partial charge in [-0.1, -0.05) is 18.2 Å². The van der Waals surface area contributed by atoms with E-state index in [0.29, 0.717) is 5.95 Å². The summed E-state index contributed by atoms with van der Waals surface area (Å²) in [6.45, 7) is 2.79. The zero-order chi connectivity index (χ0) is 17.1. The molecule has 0 atom stereocenters. The molecule has 0 spiro atoms. The number of nitrogens with zero attached hydrogens (tertiary/aromatic N) is 4. The molecule has 3 aromatic heterocycles. The van der Waals surface area contributed by atoms with Crippen LogP contribution in [-0.4, -0.2) is 19.7 Å². The van der Waals surface area contributed by atoms with Gasteiger partial charge in [0.2, 0.25) is 5.95 Å². The summed E-state index contributed by atoms with van der Waals surface area (Å²) in [7, 11) is 0. The van der Waals surface area contributed by atoms with Gasteiger partial charge in [-0.3, -0.25) is 0 Å². The molecule has 0 unspecified atom stereocenters. The van der Waals surface area contributed by atoms with E-state index in [1.807, 2.05) is 35.3 Å². The average molecular weight is 347 g/mol. The predicted octanol–water partition coefficient (Wildman–Crippen LogP) is 4.31. The van der Waals surface area contributed by atoms with Crippen LogP contribution in [0.1, 0.15) is 11.1 Å². The minimum atomic E-state index is 0.618.